The molecule has 8 heteroatoms. The van der Waals surface area contributed by atoms with Crippen LogP contribution in [-0.2, 0) is 27.7 Å². The summed E-state index contributed by atoms with van der Waals surface area (Å²) < 4.78 is 25.5. The lowest BCUT2D eigenvalue weighted by molar-refractivity contribution is -0.122. The zero-order valence-electron chi connectivity index (χ0n) is 17.5. The van der Waals surface area contributed by atoms with Crippen LogP contribution in [0.1, 0.15) is 28.9 Å². The van der Waals surface area contributed by atoms with E-state index < -0.39 is 9.84 Å². The first-order valence-corrected chi connectivity index (χ1v) is 11.8. The van der Waals surface area contributed by atoms with Gasteiger partial charge in [-0.3, -0.25) is 14.4 Å². The van der Waals surface area contributed by atoms with Crippen molar-refractivity contribution in [2.75, 3.05) is 24.6 Å². The van der Waals surface area contributed by atoms with Crippen molar-refractivity contribution in [3.8, 4) is 12.3 Å². The van der Waals surface area contributed by atoms with Crippen molar-refractivity contribution in [1.29, 1.82) is 0 Å². The van der Waals surface area contributed by atoms with E-state index in [1.807, 2.05) is 36.7 Å². The molecule has 0 aliphatic carbocycles. The van der Waals surface area contributed by atoms with Gasteiger partial charge in [0.2, 0.25) is 5.91 Å². The second-order valence-corrected chi connectivity index (χ2v) is 9.96. The molecular formula is C22H28N4O3S. The quantitative estimate of drug-likeness (QED) is 0.641. The normalized spacial score (nSPS) is 17.7. The molecule has 1 unspecified atom stereocenters. The van der Waals surface area contributed by atoms with Crippen LogP contribution in [0.3, 0.4) is 0 Å². The topological polar surface area (TPSA) is 84.3 Å². The molecule has 1 N–H and O–H groups in total. The molecule has 1 aliphatic rings. The van der Waals surface area contributed by atoms with E-state index in [0.717, 1.165) is 22.5 Å². The number of sulfone groups is 1. The summed E-state index contributed by atoms with van der Waals surface area (Å²) in [5.41, 5.74) is 4.05. The Morgan fingerprint density at radius 1 is 1.33 bits per heavy atom. The summed E-state index contributed by atoms with van der Waals surface area (Å²) in [6, 6.07) is 9.90. The molecule has 0 saturated carbocycles. The highest BCUT2D eigenvalue weighted by molar-refractivity contribution is 7.91. The minimum atomic E-state index is -3.04. The minimum absolute atomic E-state index is 0.0619. The van der Waals surface area contributed by atoms with Crippen LogP contribution in [0.2, 0.25) is 0 Å². The summed E-state index contributed by atoms with van der Waals surface area (Å²) in [5.74, 6) is 2.57. The van der Waals surface area contributed by atoms with Gasteiger partial charge in [0, 0.05) is 23.8 Å². The largest absolute Gasteiger partial charge is 0.351 e. The average molecular weight is 429 g/mol. The summed E-state index contributed by atoms with van der Waals surface area (Å²) in [7, 11) is -3.04. The van der Waals surface area contributed by atoms with E-state index in [9.17, 15) is 13.2 Å². The van der Waals surface area contributed by atoms with E-state index in [0.29, 0.717) is 19.5 Å². The first-order chi connectivity index (χ1) is 14.3. The number of carbonyl (C=O) groups is 1. The van der Waals surface area contributed by atoms with Gasteiger partial charge in [0.25, 0.3) is 0 Å². The van der Waals surface area contributed by atoms with Gasteiger partial charge in [0.05, 0.1) is 36.8 Å². The molecule has 0 radical (unpaired) electrons. The van der Waals surface area contributed by atoms with Crippen molar-refractivity contribution >= 4 is 15.7 Å². The molecule has 1 fully saturated rings. The number of rotatable bonds is 8. The van der Waals surface area contributed by atoms with Crippen molar-refractivity contribution in [1.82, 2.24) is 20.0 Å². The zero-order valence-corrected chi connectivity index (χ0v) is 18.3. The molecule has 2 aromatic rings. The lowest BCUT2D eigenvalue weighted by Gasteiger charge is -2.25. The number of aromatic nitrogens is 2. The minimum Gasteiger partial charge on any atom is -0.351 e. The molecule has 1 aromatic heterocycles. The maximum Gasteiger partial charge on any atom is 0.234 e. The van der Waals surface area contributed by atoms with Crippen LogP contribution in [0, 0.1) is 26.2 Å². The summed E-state index contributed by atoms with van der Waals surface area (Å²) >= 11 is 0. The zero-order chi connectivity index (χ0) is 21.7. The van der Waals surface area contributed by atoms with Gasteiger partial charge < -0.3 is 5.32 Å². The molecule has 7 nitrogen and oxygen atoms in total. The molecule has 1 aliphatic heterocycles. The van der Waals surface area contributed by atoms with Crippen LogP contribution in [-0.4, -0.2) is 59.6 Å². The molecule has 3 rings (SSSR count). The van der Waals surface area contributed by atoms with Crippen molar-refractivity contribution in [3.05, 3.63) is 52.8 Å². The Bertz CT molecular complexity index is 1040. The molecule has 1 aromatic carbocycles. The highest BCUT2D eigenvalue weighted by Gasteiger charge is 2.32. The van der Waals surface area contributed by atoms with E-state index in [2.05, 4.69) is 28.5 Å². The Morgan fingerprint density at radius 3 is 2.70 bits per heavy atom. The maximum absolute atomic E-state index is 12.5. The molecule has 2 heterocycles. The van der Waals surface area contributed by atoms with Gasteiger partial charge in [-0.05, 0) is 25.8 Å². The molecule has 0 bridgehead atoms. The molecule has 1 atom stereocenters. The standard InChI is InChI=1S/C22H28N4O3S/c1-4-11-25(20-10-12-30(28,29)16-20)15-22(27)23-13-21-17(2)24-26(18(21)3)14-19-8-6-5-7-9-19/h1,5-9,20H,10-16H2,2-3H3,(H,23,27). The van der Waals surface area contributed by atoms with Crippen LogP contribution >= 0.6 is 0 Å². The third-order valence-corrected chi connectivity index (χ3v) is 7.29. The van der Waals surface area contributed by atoms with Gasteiger partial charge >= 0.3 is 0 Å². The van der Waals surface area contributed by atoms with Gasteiger partial charge in [-0.1, -0.05) is 36.3 Å². The summed E-state index contributed by atoms with van der Waals surface area (Å²) in [6.45, 7) is 5.31. The number of aryl methyl sites for hydroxylation is 1. The number of benzene rings is 1. The van der Waals surface area contributed by atoms with Crippen LogP contribution in [0.4, 0.5) is 0 Å². The van der Waals surface area contributed by atoms with E-state index in [4.69, 9.17) is 6.42 Å². The van der Waals surface area contributed by atoms with Crippen LogP contribution in [0.5, 0.6) is 0 Å². The van der Waals surface area contributed by atoms with Gasteiger partial charge in [0.15, 0.2) is 9.84 Å². The SMILES string of the molecule is C#CCN(CC(=O)NCc1c(C)nn(Cc2ccccc2)c1C)C1CCS(=O)(=O)C1. The smallest absolute Gasteiger partial charge is 0.234 e. The number of amides is 1. The predicted octanol–water partition coefficient (Wildman–Crippen LogP) is 1.29. The number of hydrogen-bond acceptors (Lipinski definition) is 5. The van der Waals surface area contributed by atoms with Gasteiger partial charge in [-0.25, -0.2) is 8.42 Å². The average Bonchev–Trinajstić information content (AvgIpc) is 3.19. The predicted molar refractivity (Wildman–Crippen MR) is 117 cm³/mol. The van der Waals surface area contributed by atoms with E-state index >= 15 is 0 Å². The van der Waals surface area contributed by atoms with Crippen molar-refractivity contribution < 1.29 is 13.2 Å². The molecule has 160 valence electrons. The van der Waals surface area contributed by atoms with E-state index in [1.54, 1.807) is 4.90 Å². The van der Waals surface area contributed by atoms with Gasteiger partial charge in [0.1, 0.15) is 0 Å². The van der Waals surface area contributed by atoms with Crippen molar-refractivity contribution in [2.45, 2.75) is 39.4 Å². The summed E-state index contributed by atoms with van der Waals surface area (Å²) in [5, 5.41) is 7.55. The Kier molecular flexibility index (Phi) is 6.95. The number of nitrogens with zero attached hydrogens (tertiary/aromatic N) is 3. The van der Waals surface area contributed by atoms with Crippen LogP contribution < -0.4 is 5.32 Å². The molecule has 1 amide bonds. The number of hydrogen-bond donors (Lipinski definition) is 1. The molecule has 0 spiro atoms. The second kappa shape index (κ2) is 9.45. The molecule has 1 saturated heterocycles. The molecular weight excluding hydrogens is 400 g/mol. The van der Waals surface area contributed by atoms with Gasteiger partial charge in [-0.15, -0.1) is 6.42 Å². The third kappa shape index (κ3) is 5.49. The Labute approximate surface area is 178 Å². The number of carbonyl (C=O) groups excluding carboxylic acids is 1. The second-order valence-electron chi connectivity index (χ2n) is 7.74. The lowest BCUT2D eigenvalue weighted by Crippen LogP contribution is -2.43. The number of terminal acetylenes is 1. The monoisotopic (exact) mass is 428 g/mol. The summed E-state index contributed by atoms with van der Waals surface area (Å²) in [4.78, 5) is 14.3. The first-order valence-electron chi connectivity index (χ1n) is 10.0. The Balaban J connectivity index is 1.60. The summed E-state index contributed by atoms with van der Waals surface area (Å²) in [6.07, 6.45) is 5.94. The van der Waals surface area contributed by atoms with Crippen LogP contribution in [0.15, 0.2) is 30.3 Å². The van der Waals surface area contributed by atoms with Crippen molar-refractivity contribution in [3.63, 3.8) is 0 Å². The van der Waals surface area contributed by atoms with Crippen molar-refractivity contribution in [2.24, 2.45) is 0 Å². The lowest BCUT2D eigenvalue weighted by atomic mass is 10.2. The highest BCUT2D eigenvalue weighted by atomic mass is 32.2. The Morgan fingerprint density at radius 2 is 2.07 bits per heavy atom. The number of nitrogens with one attached hydrogen (secondary N) is 1. The fourth-order valence-electron chi connectivity index (χ4n) is 3.82. The maximum atomic E-state index is 12.5. The van der Waals surface area contributed by atoms with Crippen LogP contribution in [0.25, 0.3) is 0 Å². The van der Waals surface area contributed by atoms with E-state index in [1.165, 1.54) is 0 Å². The Hall–Kier alpha value is -2.63. The first kappa shape index (κ1) is 22.1. The molecule has 30 heavy (non-hydrogen) atoms. The highest BCUT2D eigenvalue weighted by Crippen LogP contribution is 2.18. The third-order valence-electron chi connectivity index (χ3n) is 5.53. The van der Waals surface area contributed by atoms with E-state index in [-0.39, 0.29) is 36.5 Å². The van der Waals surface area contributed by atoms with Gasteiger partial charge in [-0.2, -0.15) is 5.10 Å². The fourth-order valence-corrected chi connectivity index (χ4v) is 5.58. The fraction of sp³-hybridized carbons (Fsp3) is 0.455.